The first-order valence-electron chi connectivity index (χ1n) is 3.75. The number of likely N-dealkylation sites (N-methyl/N-ethyl adjacent to an activating group) is 2. The van der Waals surface area contributed by atoms with E-state index in [1.165, 1.54) is 6.54 Å². The molecule has 0 radical (unpaired) electrons. The quantitative estimate of drug-likeness (QED) is 0.518. The first-order valence-corrected chi connectivity index (χ1v) is 3.75. The topological polar surface area (TPSA) is 6.48 Å². The minimum atomic E-state index is 0. The number of nitrogens with zero attached hydrogens (tertiary/aromatic N) is 2. The third-order valence-electron chi connectivity index (χ3n) is 2.17. The van der Waals surface area contributed by atoms with Crippen molar-refractivity contribution in [3.05, 3.63) is 12.7 Å². The van der Waals surface area contributed by atoms with Crippen LogP contribution in [0.5, 0.6) is 0 Å². The molecule has 1 unspecified atom stereocenters. The van der Waals surface area contributed by atoms with Crippen LogP contribution < -0.4 is 0 Å². The van der Waals surface area contributed by atoms with Gasteiger partial charge in [0.15, 0.2) is 0 Å². The number of rotatable bonds is 1. The summed E-state index contributed by atoms with van der Waals surface area (Å²) in [7, 11) is 4.31. The molecule has 1 heterocycles. The molecular formula is C8H17IN2. The van der Waals surface area contributed by atoms with Crippen molar-refractivity contribution in [3.8, 4) is 0 Å². The molecule has 0 spiro atoms. The molecule has 1 rings (SSSR count). The lowest BCUT2D eigenvalue weighted by Crippen LogP contribution is -2.48. The average Bonchev–Trinajstić information content (AvgIpc) is 1.94. The molecule has 0 aliphatic carbocycles. The van der Waals surface area contributed by atoms with Gasteiger partial charge < -0.3 is 4.90 Å². The molecule has 0 aromatic heterocycles. The van der Waals surface area contributed by atoms with Crippen molar-refractivity contribution in [1.29, 1.82) is 0 Å². The van der Waals surface area contributed by atoms with Crippen LogP contribution in [-0.4, -0.2) is 49.6 Å². The molecule has 11 heavy (non-hydrogen) atoms. The van der Waals surface area contributed by atoms with Crippen molar-refractivity contribution in [2.24, 2.45) is 0 Å². The molecule has 0 aromatic carbocycles. The fraction of sp³-hybridized carbons (Fsp3) is 0.750. The molecule has 66 valence electrons. The average molecular weight is 268 g/mol. The molecule has 0 amide bonds. The smallest absolute Gasteiger partial charge is 0.0400 e. The highest BCUT2D eigenvalue weighted by Gasteiger charge is 2.18. The van der Waals surface area contributed by atoms with Crippen LogP contribution in [0.25, 0.3) is 0 Å². The summed E-state index contributed by atoms with van der Waals surface area (Å²) in [5, 5.41) is 0. The van der Waals surface area contributed by atoms with E-state index in [2.05, 4.69) is 30.5 Å². The van der Waals surface area contributed by atoms with Gasteiger partial charge in [0.25, 0.3) is 0 Å². The third kappa shape index (κ3) is 3.09. The Labute approximate surface area is 86.3 Å². The van der Waals surface area contributed by atoms with E-state index < -0.39 is 0 Å². The van der Waals surface area contributed by atoms with Crippen LogP contribution in [0.15, 0.2) is 12.7 Å². The van der Waals surface area contributed by atoms with Gasteiger partial charge in [-0.3, -0.25) is 4.90 Å². The SMILES string of the molecule is C=CC1CN(C)CCN1C.I. The molecule has 1 fully saturated rings. The minimum Gasteiger partial charge on any atom is -0.303 e. The van der Waals surface area contributed by atoms with Gasteiger partial charge >= 0.3 is 0 Å². The highest BCUT2D eigenvalue weighted by atomic mass is 127. The van der Waals surface area contributed by atoms with Gasteiger partial charge in [0.05, 0.1) is 0 Å². The highest BCUT2D eigenvalue weighted by molar-refractivity contribution is 14.0. The fourth-order valence-electron chi connectivity index (χ4n) is 1.30. The summed E-state index contributed by atoms with van der Waals surface area (Å²) in [6.45, 7) is 7.27. The Hall–Kier alpha value is 0.390. The van der Waals surface area contributed by atoms with E-state index in [-0.39, 0.29) is 24.0 Å². The first kappa shape index (κ1) is 11.4. The molecule has 1 aliphatic rings. The summed E-state index contributed by atoms with van der Waals surface area (Å²) < 4.78 is 0. The van der Waals surface area contributed by atoms with Crippen molar-refractivity contribution in [1.82, 2.24) is 9.80 Å². The van der Waals surface area contributed by atoms with E-state index in [0.29, 0.717) is 6.04 Å². The molecule has 1 aliphatic heterocycles. The maximum absolute atomic E-state index is 3.80. The molecule has 2 nitrogen and oxygen atoms in total. The maximum Gasteiger partial charge on any atom is 0.0400 e. The van der Waals surface area contributed by atoms with Crippen molar-refractivity contribution in [2.45, 2.75) is 6.04 Å². The van der Waals surface area contributed by atoms with E-state index in [0.717, 1.165) is 13.1 Å². The zero-order valence-electron chi connectivity index (χ0n) is 7.29. The first-order chi connectivity index (χ1) is 4.74. The van der Waals surface area contributed by atoms with Gasteiger partial charge in [-0.1, -0.05) is 6.08 Å². The summed E-state index contributed by atoms with van der Waals surface area (Å²) in [5.74, 6) is 0. The van der Waals surface area contributed by atoms with Gasteiger partial charge in [-0.2, -0.15) is 0 Å². The summed E-state index contributed by atoms with van der Waals surface area (Å²) in [6.07, 6.45) is 2.02. The zero-order valence-corrected chi connectivity index (χ0v) is 9.62. The second-order valence-electron chi connectivity index (χ2n) is 3.05. The highest BCUT2D eigenvalue weighted by Crippen LogP contribution is 2.05. The van der Waals surface area contributed by atoms with Crippen molar-refractivity contribution >= 4 is 24.0 Å². The number of halogens is 1. The van der Waals surface area contributed by atoms with Crippen LogP contribution in [0.3, 0.4) is 0 Å². The maximum atomic E-state index is 3.80. The second kappa shape index (κ2) is 5.11. The summed E-state index contributed by atoms with van der Waals surface area (Å²) in [4.78, 5) is 4.68. The zero-order chi connectivity index (χ0) is 7.56. The van der Waals surface area contributed by atoms with Crippen LogP contribution in [0.1, 0.15) is 0 Å². The Bertz CT molecular complexity index is 127. The summed E-state index contributed by atoms with van der Waals surface area (Å²) in [5.41, 5.74) is 0. The Morgan fingerprint density at radius 2 is 2.00 bits per heavy atom. The van der Waals surface area contributed by atoms with E-state index in [4.69, 9.17) is 0 Å². The lowest BCUT2D eigenvalue weighted by atomic mass is 10.2. The van der Waals surface area contributed by atoms with Crippen LogP contribution in [0.4, 0.5) is 0 Å². The Morgan fingerprint density at radius 1 is 1.36 bits per heavy atom. The van der Waals surface area contributed by atoms with Gasteiger partial charge in [-0.05, 0) is 14.1 Å². The van der Waals surface area contributed by atoms with Crippen LogP contribution in [0, 0.1) is 0 Å². The predicted octanol–water partition coefficient (Wildman–Crippen LogP) is 1.04. The molecule has 0 N–H and O–H groups in total. The van der Waals surface area contributed by atoms with Crippen LogP contribution in [0.2, 0.25) is 0 Å². The fourth-order valence-corrected chi connectivity index (χ4v) is 1.30. The lowest BCUT2D eigenvalue weighted by molar-refractivity contribution is 0.141. The molecule has 0 aromatic rings. The Kier molecular flexibility index (Phi) is 5.29. The molecule has 1 saturated heterocycles. The van der Waals surface area contributed by atoms with Gasteiger partial charge in [-0.25, -0.2) is 0 Å². The van der Waals surface area contributed by atoms with E-state index in [9.17, 15) is 0 Å². The number of hydrogen-bond acceptors (Lipinski definition) is 2. The van der Waals surface area contributed by atoms with Crippen molar-refractivity contribution in [3.63, 3.8) is 0 Å². The minimum absolute atomic E-state index is 0. The molecule has 3 heteroatoms. The number of piperazine rings is 1. The monoisotopic (exact) mass is 268 g/mol. The third-order valence-corrected chi connectivity index (χ3v) is 2.17. The standard InChI is InChI=1S/C8H16N2.HI/c1-4-8-7-9(2)5-6-10(8)3;/h4,8H,1,5-7H2,2-3H3;1H. The van der Waals surface area contributed by atoms with Gasteiger partial charge in [0, 0.05) is 25.7 Å². The normalized spacial score (nSPS) is 27.6. The predicted molar refractivity (Wildman–Crippen MR) is 59.5 cm³/mol. The van der Waals surface area contributed by atoms with Gasteiger partial charge in [-0.15, -0.1) is 30.6 Å². The van der Waals surface area contributed by atoms with Crippen molar-refractivity contribution in [2.75, 3.05) is 33.7 Å². The summed E-state index contributed by atoms with van der Waals surface area (Å²) >= 11 is 0. The van der Waals surface area contributed by atoms with Gasteiger partial charge in [0.1, 0.15) is 0 Å². The molecule has 0 saturated carbocycles. The Balaban J connectivity index is 0.000001000. The van der Waals surface area contributed by atoms with E-state index >= 15 is 0 Å². The Morgan fingerprint density at radius 3 is 2.45 bits per heavy atom. The largest absolute Gasteiger partial charge is 0.303 e. The molecular weight excluding hydrogens is 251 g/mol. The van der Waals surface area contributed by atoms with Gasteiger partial charge in [0.2, 0.25) is 0 Å². The number of hydrogen-bond donors (Lipinski definition) is 0. The second-order valence-corrected chi connectivity index (χ2v) is 3.05. The van der Waals surface area contributed by atoms with Crippen LogP contribution >= 0.6 is 24.0 Å². The van der Waals surface area contributed by atoms with Crippen molar-refractivity contribution < 1.29 is 0 Å². The van der Waals surface area contributed by atoms with E-state index in [1.807, 2.05) is 6.08 Å². The molecule has 0 bridgehead atoms. The van der Waals surface area contributed by atoms with E-state index in [1.54, 1.807) is 0 Å². The summed E-state index contributed by atoms with van der Waals surface area (Å²) in [6, 6.07) is 0.554. The lowest BCUT2D eigenvalue weighted by Gasteiger charge is -2.35. The molecule has 1 atom stereocenters. The van der Waals surface area contributed by atoms with Crippen LogP contribution in [-0.2, 0) is 0 Å².